The molecule has 0 aliphatic heterocycles. The van der Waals surface area contributed by atoms with E-state index in [9.17, 15) is 0 Å². The summed E-state index contributed by atoms with van der Waals surface area (Å²) in [4.78, 5) is 0. The fraction of sp³-hybridized carbons (Fsp3) is 0.333. The molecule has 0 saturated heterocycles. The second-order valence-electron chi connectivity index (χ2n) is 4.44. The number of fused-ring (bicyclic) bond motifs is 1. The average molecular weight is 265 g/mol. The minimum atomic E-state index is -0.0661. The minimum absolute atomic E-state index is 0.0661. The molecule has 1 aromatic carbocycles. The van der Waals surface area contributed by atoms with E-state index in [1.165, 1.54) is 16.5 Å². The molecule has 15 heavy (non-hydrogen) atoms. The predicted molar refractivity (Wildman–Crippen MR) is 65.7 cm³/mol. The Labute approximate surface area is 97.2 Å². The summed E-state index contributed by atoms with van der Waals surface area (Å²) in [6, 6.07) is 6.38. The van der Waals surface area contributed by atoms with E-state index in [2.05, 4.69) is 51.9 Å². The van der Waals surface area contributed by atoms with Crippen LogP contribution >= 0.6 is 15.9 Å². The molecule has 3 heteroatoms. The fourth-order valence-electron chi connectivity index (χ4n) is 2.21. The van der Waals surface area contributed by atoms with Crippen LogP contribution in [0, 0.1) is 0 Å². The molecule has 2 aromatic rings. The Morgan fingerprint density at radius 2 is 2.13 bits per heavy atom. The van der Waals surface area contributed by atoms with Gasteiger partial charge in [0.05, 0.1) is 0 Å². The minimum Gasteiger partial charge on any atom is -0.349 e. The number of hydrogen-bond donors (Lipinski definition) is 1. The molecule has 1 heterocycles. The summed E-state index contributed by atoms with van der Waals surface area (Å²) in [6.45, 7) is 0. The van der Waals surface area contributed by atoms with Crippen LogP contribution in [0.15, 0.2) is 28.9 Å². The predicted octanol–water partition coefficient (Wildman–Crippen LogP) is 2.89. The van der Waals surface area contributed by atoms with Crippen LogP contribution in [0.3, 0.4) is 0 Å². The van der Waals surface area contributed by atoms with Crippen molar-refractivity contribution >= 4 is 26.8 Å². The first-order chi connectivity index (χ1) is 7.12. The van der Waals surface area contributed by atoms with E-state index in [-0.39, 0.29) is 5.54 Å². The SMILES string of the molecule is Cn1cc(Br)c2c(C3(N)CC3)cccc21. The van der Waals surface area contributed by atoms with E-state index in [0.29, 0.717) is 0 Å². The summed E-state index contributed by atoms with van der Waals surface area (Å²) in [5.41, 5.74) is 8.75. The monoisotopic (exact) mass is 264 g/mol. The van der Waals surface area contributed by atoms with Crippen molar-refractivity contribution in [2.75, 3.05) is 0 Å². The molecule has 78 valence electrons. The third-order valence-electron chi connectivity index (χ3n) is 3.29. The Hall–Kier alpha value is -0.800. The van der Waals surface area contributed by atoms with Crippen molar-refractivity contribution in [3.63, 3.8) is 0 Å². The van der Waals surface area contributed by atoms with Gasteiger partial charge in [0, 0.05) is 34.2 Å². The van der Waals surface area contributed by atoms with Crippen LogP contribution in [0.1, 0.15) is 18.4 Å². The van der Waals surface area contributed by atoms with Gasteiger partial charge in [-0.05, 0) is 40.4 Å². The lowest BCUT2D eigenvalue weighted by molar-refractivity contribution is 0.747. The van der Waals surface area contributed by atoms with Gasteiger partial charge in [0.1, 0.15) is 0 Å². The lowest BCUT2D eigenvalue weighted by Crippen LogP contribution is -2.18. The second-order valence-corrected chi connectivity index (χ2v) is 5.30. The lowest BCUT2D eigenvalue weighted by Gasteiger charge is -2.11. The van der Waals surface area contributed by atoms with Crippen LogP contribution in [0.4, 0.5) is 0 Å². The first-order valence-corrected chi connectivity index (χ1v) is 5.94. The van der Waals surface area contributed by atoms with Gasteiger partial charge < -0.3 is 10.3 Å². The van der Waals surface area contributed by atoms with E-state index >= 15 is 0 Å². The number of rotatable bonds is 1. The Morgan fingerprint density at radius 3 is 2.80 bits per heavy atom. The molecular formula is C12H13BrN2. The Kier molecular flexibility index (Phi) is 1.80. The van der Waals surface area contributed by atoms with Crippen molar-refractivity contribution in [3.05, 3.63) is 34.4 Å². The molecule has 0 amide bonds. The summed E-state index contributed by atoms with van der Waals surface area (Å²) in [6.07, 6.45) is 4.31. The van der Waals surface area contributed by atoms with Crippen LogP contribution in [-0.2, 0) is 12.6 Å². The highest BCUT2D eigenvalue weighted by molar-refractivity contribution is 9.10. The third kappa shape index (κ3) is 1.26. The molecule has 1 saturated carbocycles. The molecule has 1 aliphatic carbocycles. The summed E-state index contributed by atoms with van der Waals surface area (Å²) in [5, 5.41) is 1.28. The van der Waals surface area contributed by atoms with Crippen molar-refractivity contribution < 1.29 is 0 Å². The van der Waals surface area contributed by atoms with Gasteiger partial charge >= 0.3 is 0 Å². The van der Waals surface area contributed by atoms with Crippen molar-refractivity contribution in [2.24, 2.45) is 12.8 Å². The standard InChI is InChI=1S/C12H13BrN2/c1-15-7-9(13)11-8(12(14)5-6-12)3-2-4-10(11)15/h2-4,7H,5-6,14H2,1H3. The molecule has 0 spiro atoms. The van der Waals surface area contributed by atoms with Crippen molar-refractivity contribution in [1.82, 2.24) is 4.57 Å². The van der Waals surface area contributed by atoms with Crippen LogP contribution in [0.2, 0.25) is 0 Å². The smallest absolute Gasteiger partial charge is 0.0492 e. The molecule has 2 N–H and O–H groups in total. The zero-order valence-electron chi connectivity index (χ0n) is 8.63. The molecule has 1 aromatic heterocycles. The first kappa shape index (κ1) is 9.43. The number of halogens is 1. The molecular weight excluding hydrogens is 252 g/mol. The number of aromatic nitrogens is 1. The quantitative estimate of drug-likeness (QED) is 0.844. The summed E-state index contributed by atoms with van der Waals surface area (Å²) in [5.74, 6) is 0. The van der Waals surface area contributed by atoms with E-state index in [4.69, 9.17) is 5.73 Å². The van der Waals surface area contributed by atoms with E-state index in [1.54, 1.807) is 0 Å². The summed E-state index contributed by atoms with van der Waals surface area (Å²) < 4.78 is 3.28. The van der Waals surface area contributed by atoms with Gasteiger partial charge in [0.15, 0.2) is 0 Å². The molecule has 2 nitrogen and oxygen atoms in total. The average Bonchev–Trinajstić information content (AvgIpc) is 2.89. The number of nitrogens with zero attached hydrogens (tertiary/aromatic N) is 1. The molecule has 1 aliphatic rings. The van der Waals surface area contributed by atoms with Gasteiger partial charge in [-0.1, -0.05) is 12.1 Å². The van der Waals surface area contributed by atoms with Crippen LogP contribution in [0.25, 0.3) is 10.9 Å². The Balaban J connectivity index is 2.39. The zero-order chi connectivity index (χ0) is 10.6. The van der Waals surface area contributed by atoms with E-state index in [1.807, 2.05) is 0 Å². The van der Waals surface area contributed by atoms with Crippen molar-refractivity contribution in [3.8, 4) is 0 Å². The Bertz CT molecular complexity index is 538. The largest absolute Gasteiger partial charge is 0.349 e. The maximum Gasteiger partial charge on any atom is 0.0492 e. The van der Waals surface area contributed by atoms with Crippen LogP contribution < -0.4 is 5.73 Å². The zero-order valence-corrected chi connectivity index (χ0v) is 10.2. The number of hydrogen-bond acceptors (Lipinski definition) is 1. The second kappa shape index (κ2) is 2.86. The van der Waals surface area contributed by atoms with Crippen LogP contribution in [0.5, 0.6) is 0 Å². The molecule has 1 fully saturated rings. The van der Waals surface area contributed by atoms with Gasteiger partial charge in [0.2, 0.25) is 0 Å². The van der Waals surface area contributed by atoms with E-state index in [0.717, 1.165) is 17.3 Å². The topological polar surface area (TPSA) is 30.9 Å². The van der Waals surface area contributed by atoms with Crippen molar-refractivity contribution in [1.29, 1.82) is 0 Å². The van der Waals surface area contributed by atoms with E-state index < -0.39 is 0 Å². The van der Waals surface area contributed by atoms with Crippen molar-refractivity contribution in [2.45, 2.75) is 18.4 Å². The lowest BCUT2D eigenvalue weighted by atomic mass is 10.0. The maximum absolute atomic E-state index is 6.28. The number of aryl methyl sites for hydroxylation is 1. The molecule has 0 unspecified atom stereocenters. The first-order valence-electron chi connectivity index (χ1n) is 5.15. The van der Waals surface area contributed by atoms with Gasteiger partial charge in [0.25, 0.3) is 0 Å². The number of nitrogens with two attached hydrogens (primary N) is 1. The maximum atomic E-state index is 6.28. The van der Waals surface area contributed by atoms with Gasteiger partial charge in [-0.25, -0.2) is 0 Å². The highest BCUT2D eigenvalue weighted by Gasteiger charge is 2.41. The molecule has 0 bridgehead atoms. The van der Waals surface area contributed by atoms with Gasteiger partial charge in [-0.3, -0.25) is 0 Å². The summed E-state index contributed by atoms with van der Waals surface area (Å²) >= 11 is 3.61. The Morgan fingerprint density at radius 1 is 1.40 bits per heavy atom. The van der Waals surface area contributed by atoms with Gasteiger partial charge in [-0.2, -0.15) is 0 Å². The van der Waals surface area contributed by atoms with Crippen LogP contribution in [-0.4, -0.2) is 4.57 Å². The summed E-state index contributed by atoms with van der Waals surface area (Å²) in [7, 11) is 2.06. The fourth-order valence-corrected chi connectivity index (χ4v) is 2.93. The molecule has 0 atom stereocenters. The molecule has 3 rings (SSSR count). The number of benzene rings is 1. The third-order valence-corrected chi connectivity index (χ3v) is 3.89. The van der Waals surface area contributed by atoms with Gasteiger partial charge in [-0.15, -0.1) is 0 Å². The highest BCUT2D eigenvalue weighted by atomic mass is 79.9. The highest BCUT2D eigenvalue weighted by Crippen LogP contribution is 2.46. The molecule has 0 radical (unpaired) electrons. The normalized spacial score (nSPS) is 18.3.